The Morgan fingerprint density at radius 3 is 2.68 bits per heavy atom. The number of methoxy groups -OCH3 is 1. The molecular formula is C19H22ClFN2O4S. The van der Waals surface area contributed by atoms with E-state index in [9.17, 15) is 17.6 Å². The molecule has 1 saturated heterocycles. The summed E-state index contributed by atoms with van der Waals surface area (Å²) < 4.78 is 45.9. The number of sulfonamides is 1. The first-order chi connectivity index (χ1) is 13.3. The Labute approximate surface area is 169 Å². The lowest BCUT2D eigenvalue weighted by Gasteiger charge is -2.33. The van der Waals surface area contributed by atoms with Crippen LogP contribution in [-0.2, 0) is 19.6 Å². The van der Waals surface area contributed by atoms with Gasteiger partial charge in [-0.1, -0.05) is 29.8 Å². The van der Waals surface area contributed by atoms with Crippen LogP contribution in [0.5, 0.6) is 0 Å². The molecule has 0 radical (unpaired) electrons. The zero-order valence-electron chi connectivity index (χ0n) is 15.4. The van der Waals surface area contributed by atoms with Crippen LogP contribution in [-0.4, -0.2) is 50.2 Å². The molecule has 1 fully saturated rings. The van der Waals surface area contributed by atoms with E-state index < -0.39 is 27.0 Å². The van der Waals surface area contributed by atoms with Crippen molar-refractivity contribution < 1.29 is 22.3 Å². The monoisotopic (exact) mass is 428 g/mol. The van der Waals surface area contributed by atoms with Crippen LogP contribution in [0.25, 0.3) is 0 Å². The molecule has 1 aliphatic heterocycles. The summed E-state index contributed by atoms with van der Waals surface area (Å²) in [5, 5.41) is 1.71. The molecular weight excluding hydrogens is 407 g/mol. The van der Waals surface area contributed by atoms with Crippen LogP contribution in [0.3, 0.4) is 0 Å². The van der Waals surface area contributed by atoms with E-state index in [-0.39, 0.29) is 16.7 Å². The first-order valence-electron chi connectivity index (χ1n) is 8.98. The molecule has 1 aromatic carbocycles. The Bertz CT molecular complexity index is 909. The molecule has 1 aromatic rings. The summed E-state index contributed by atoms with van der Waals surface area (Å²) in [5.74, 6) is -1.06. The van der Waals surface area contributed by atoms with Crippen LogP contribution in [0.1, 0.15) is 19.3 Å². The van der Waals surface area contributed by atoms with Crippen LogP contribution in [0.15, 0.2) is 42.0 Å². The number of carbonyl (C=O) groups excluding carboxylic acids is 1. The van der Waals surface area contributed by atoms with E-state index in [0.29, 0.717) is 38.0 Å². The number of ether oxygens (including phenoxy) is 1. The minimum Gasteiger partial charge on any atom is -0.381 e. The van der Waals surface area contributed by atoms with Gasteiger partial charge in [-0.15, -0.1) is 0 Å². The lowest BCUT2D eigenvalue weighted by molar-refractivity contribution is -0.112. The third kappa shape index (κ3) is 4.63. The van der Waals surface area contributed by atoms with Gasteiger partial charge in [-0.3, -0.25) is 4.79 Å². The quantitative estimate of drug-likeness (QED) is 0.781. The molecule has 9 heteroatoms. The lowest BCUT2D eigenvalue weighted by Crippen LogP contribution is -2.44. The first-order valence-corrected chi connectivity index (χ1v) is 10.9. The maximum Gasteiger partial charge on any atom is 0.255 e. The fourth-order valence-electron chi connectivity index (χ4n) is 3.30. The van der Waals surface area contributed by atoms with E-state index in [0.717, 1.165) is 6.07 Å². The van der Waals surface area contributed by atoms with Gasteiger partial charge in [0, 0.05) is 31.5 Å². The standard InChI is InChI=1S/C19H22ClFN2O4S/c1-27-15-7-9-23(10-8-15)28(25,26)16-4-2-3-13(11-16)19(24)22-14-5-6-18(21)17(20)12-14/h2-3,5-6,11-12,15-16H,4,7-10H2,1H3,(H,22,24). The Hall–Kier alpha value is -1.74. The van der Waals surface area contributed by atoms with Crippen LogP contribution in [0.2, 0.25) is 5.02 Å². The Kier molecular flexibility index (Phi) is 6.54. The van der Waals surface area contributed by atoms with Gasteiger partial charge in [-0.25, -0.2) is 17.1 Å². The SMILES string of the molecule is COC1CCN(S(=O)(=O)C2C=C(C(=O)Nc3ccc(F)c(Cl)c3)C=CC2)CC1. The van der Waals surface area contributed by atoms with E-state index >= 15 is 0 Å². The predicted molar refractivity (Wildman–Crippen MR) is 106 cm³/mol. The number of rotatable bonds is 5. The Balaban J connectivity index is 1.71. The number of amides is 1. The van der Waals surface area contributed by atoms with Gasteiger partial charge in [0.05, 0.1) is 16.4 Å². The maximum atomic E-state index is 13.3. The van der Waals surface area contributed by atoms with Crippen LogP contribution >= 0.6 is 11.6 Å². The molecule has 3 rings (SSSR count). The predicted octanol–water partition coefficient (Wildman–Crippen LogP) is 3.11. The number of hydrogen-bond acceptors (Lipinski definition) is 4. The van der Waals surface area contributed by atoms with Gasteiger partial charge in [0.2, 0.25) is 10.0 Å². The third-order valence-electron chi connectivity index (χ3n) is 4.95. The molecule has 1 amide bonds. The highest BCUT2D eigenvalue weighted by atomic mass is 35.5. The highest BCUT2D eigenvalue weighted by Gasteiger charge is 2.34. The van der Waals surface area contributed by atoms with Crippen molar-refractivity contribution >= 4 is 33.2 Å². The average molecular weight is 429 g/mol. The second-order valence-electron chi connectivity index (χ2n) is 6.76. The van der Waals surface area contributed by atoms with E-state index in [1.807, 2.05) is 0 Å². The number of benzene rings is 1. The number of piperidine rings is 1. The summed E-state index contributed by atoms with van der Waals surface area (Å²) in [6.07, 6.45) is 6.43. The molecule has 2 aliphatic rings. The molecule has 1 atom stereocenters. The van der Waals surface area contributed by atoms with E-state index in [4.69, 9.17) is 16.3 Å². The molecule has 6 nitrogen and oxygen atoms in total. The van der Waals surface area contributed by atoms with Crippen molar-refractivity contribution in [3.05, 3.63) is 52.8 Å². The van der Waals surface area contributed by atoms with Gasteiger partial charge in [0.25, 0.3) is 5.91 Å². The number of carbonyl (C=O) groups is 1. The van der Waals surface area contributed by atoms with Crippen molar-refractivity contribution in [2.75, 3.05) is 25.5 Å². The topological polar surface area (TPSA) is 75.7 Å². The summed E-state index contributed by atoms with van der Waals surface area (Å²) in [7, 11) is -1.94. The summed E-state index contributed by atoms with van der Waals surface area (Å²) in [6, 6.07) is 3.84. The number of nitrogens with zero attached hydrogens (tertiary/aromatic N) is 1. The van der Waals surface area contributed by atoms with Gasteiger partial charge in [0.1, 0.15) is 5.82 Å². The van der Waals surface area contributed by atoms with E-state index in [1.54, 1.807) is 19.3 Å². The molecule has 28 heavy (non-hydrogen) atoms. The smallest absolute Gasteiger partial charge is 0.255 e. The molecule has 0 spiro atoms. The molecule has 1 N–H and O–H groups in total. The third-order valence-corrected chi connectivity index (χ3v) is 7.42. The number of hydrogen-bond donors (Lipinski definition) is 1. The average Bonchev–Trinajstić information content (AvgIpc) is 2.71. The van der Waals surface area contributed by atoms with Gasteiger partial charge < -0.3 is 10.1 Å². The summed E-state index contributed by atoms with van der Waals surface area (Å²) in [4.78, 5) is 12.5. The highest BCUT2D eigenvalue weighted by Crippen LogP contribution is 2.25. The van der Waals surface area contributed by atoms with Gasteiger partial charge in [-0.2, -0.15) is 0 Å². The van der Waals surface area contributed by atoms with Crippen molar-refractivity contribution in [1.29, 1.82) is 0 Å². The fraction of sp³-hybridized carbons (Fsp3) is 0.421. The van der Waals surface area contributed by atoms with Gasteiger partial charge in [-0.05, 0) is 37.5 Å². The van der Waals surface area contributed by atoms with Gasteiger partial charge in [0.15, 0.2) is 0 Å². The van der Waals surface area contributed by atoms with Crippen LogP contribution in [0, 0.1) is 5.82 Å². The Morgan fingerprint density at radius 2 is 2.04 bits per heavy atom. The van der Waals surface area contributed by atoms with E-state index in [2.05, 4.69) is 5.32 Å². The number of halogens is 2. The van der Waals surface area contributed by atoms with E-state index in [1.165, 1.54) is 22.5 Å². The molecule has 0 saturated carbocycles. The number of anilines is 1. The molecule has 1 heterocycles. The van der Waals surface area contributed by atoms with Crippen molar-refractivity contribution in [2.45, 2.75) is 30.6 Å². The van der Waals surface area contributed by atoms with Gasteiger partial charge >= 0.3 is 0 Å². The normalized spacial score (nSPS) is 21.4. The zero-order chi connectivity index (χ0) is 20.3. The molecule has 1 unspecified atom stereocenters. The fourth-order valence-corrected chi connectivity index (χ4v) is 5.26. The van der Waals surface area contributed by atoms with Crippen LogP contribution in [0.4, 0.5) is 10.1 Å². The molecule has 1 aliphatic carbocycles. The second-order valence-corrected chi connectivity index (χ2v) is 9.32. The minimum absolute atomic E-state index is 0.0807. The van der Waals surface area contributed by atoms with Crippen LogP contribution < -0.4 is 5.32 Å². The molecule has 0 aromatic heterocycles. The van der Waals surface area contributed by atoms with Crippen molar-refractivity contribution in [1.82, 2.24) is 4.31 Å². The molecule has 0 bridgehead atoms. The summed E-state index contributed by atoms with van der Waals surface area (Å²) in [5.41, 5.74) is 0.573. The molecule has 152 valence electrons. The Morgan fingerprint density at radius 1 is 1.32 bits per heavy atom. The number of nitrogens with one attached hydrogen (secondary N) is 1. The maximum absolute atomic E-state index is 13.3. The van der Waals surface area contributed by atoms with Crippen molar-refractivity contribution in [3.63, 3.8) is 0 Å². The first kappa shape index (κ1) is 21.0. The number of allylic oxidation sites excluding steroid dienone is 1. The summed E-state index contributed by atoms with van der Waals surface area (Å²) >= 11 is 5.72. The largest absolute Gasteiger partial charge is 0.381 e. The second kappa shape index (κ2) is 8.73. The zero-order valence-corrected chi connectivity index (χ0v) is 17.0. The minimum atomic E-state index is -3.57. The van der Waals surface area contributed by atoms with Crippen molar-refractivity contribution in [2.24, 2.45) is 0 Å². The van der Waals surface area contributed by atoms with Crippen molar-refractivity contribution in [3.8, 4) is 0 Å². The summed E-state index contributed by atoms with van der Waals surface area (Å²) in [6.45, 7) is 0.814. The lowest BCUT2D eigenvalue weighted by atomic mass is 10.1. The highest BCUT2D eigenvalue weighted by molar-refractivity contribution is 7.89.